The Balaban J connectivity index is 2.52. The van der Waals surface area contributed by atoms with E-state index in [-0.39, 0.29) is 6.61 Å². The summed E-state index contributed by atoms with van der Waals surface area (Å²) in [7, 11) is 0. The number of aromatic nitrogens is 1. The lowest BCUT2D eigenvalue weighted by Crippen LogP contribution is -1.82. The molecule has 0 aliphatic heterocycles. The van der Waals surface area contributed by atoms with Crippen LogP contribution in [-0.2, 0) is 6.42 Å². The largest absolute Gasteiger partial charge is 0.384 e. The summed E-state index contributed by atoms with van der Waals surface area (Å²) in [5.41, 5.74) is 1.08. The Morgan fingerprint density at radius 2 is 2.36 bits per heavy atom. The van der Waals surface area contributed by atoms with Crippen LogP contribution in [0.2, 0.25) is 0 Å². The first-order chi connectivity index (χ1) is 5.43. The highest BCUT2D eigenvalue weighted by Gasteiger charge is 1.84. The number of nitrogens with zero attached hydrogens (tertiary/aromatic N) is 1. The van der Waals surface area contributed by atoms with Crippen LogP contribution < -0.4 is 0 Å². The topological polar surface area (TPSA) is 33.1 Å². The van der Waals surface area contributed by atoms with Crippen LogP contribution in [0, 0.1) is 11.8 Å². The van der Waals surface area contributed by atoms with E-state index in [0.717, 1.165) is 5.56 Å². The van der Waals surface area contributed by atoms with Crippen molar-refractivity contribution in [3.05, 3.63) is 30.1 Å². The Hall–Kier alpha value is -1.33. The van der Waals surface area contributed by atoms with Crippen molar-refractivity contribution in [3.63, 3.8) is 0 Å². The fraction of sp³-hybridized carbons (Fsp3) is 0.222. The van der Waals surface area contributed by atoms with Crippen molar-refractivity contribution in [1.29, 1.82) is 0 Å². The van der Waals surface area contributed by atoms with Crippen LogP contribution >= 0.6 is 0 Å². The summed E-state index contributed by atoms with van der Waals surface area (Å²) in [6, 6.07) is 3.83. The Labute approximate surface area is 65.9 Å². The lowest BCUT2D eigenvalue weighted by Gasteiger charge is -1.89. The van der Waals surface area contributed by atoms with E-state index < -0.39 is 0 Å². The lowest BCUT2D eigenvalue weighted by molar-refractivity contribution is 0.350. The van der Waals surface area contributed by atoms with E-state index in [2.05, 4.69) is 16.8 Å². The van der Waals surface area contributed by atoms with Gasteiger partial charge in [-0.2, -0.15) is 0 Å². The molecule has 0 spiro atoms. The van der Waals surface area contributed by atoms with Crippen molar-refractivity contribution in [2.45, 2.75) is 6.42 Å². The summed E-state index contributed by atoms with van der Waals surface area (Å²) in [6.07, 6.45) is 4.16. The smallest absolute Gasteiger partial charge is 0.104 e. The minimum absolute atomic E-state index is 0.0692. The molecule has 0 radical (unpaired) electrons. The third-order valence-electron chi connectivity index (χ3n) is 1.22. The van der Waals surface area contributed by atoms with Crippen LogP contribution in [-0.4, -0.2) is 16.7 Å². The van der Waals surface area contributed by atoms with E-state index in [0.29, 0.717) is 6.42 Å². The molecule has 1 aromatic heterocycles. The van der Waals surface area contributed by atoms with Gasteiger partial charge in [0.05, 0.1) is 0 Å². The third-order valence-corrected chi connectivity index (χ3v) is 1.22. The molecule has 11 heavy (non-hydrogen) atoms. The number of hydrogen-bond donors (Lipinski definition) is 1. The standard InChI is InChI=1S/C9H9NO/c11-7-2-1-4-9-5-3-6-10-8-9/h3,5-6,8,11H,4,7H2. The fourth-order valence-electron chi connectivity index (χ4n) is 0.723. The van der Waals surface area contributed by atoms with E-state index in [4.69, 9.17) is 5.11 Å². The maximum atomic E-state index is 8.36. The van der Waals surface area contributed by atoms with Gasteiger partial charge in [-0.1, -0.05) is 17.9 Å². The van der Waals surface area contributed by atoms with Crippen molar-refractivity contribution >= 4 is 0 Å². The zero-order valence-corrected chi connectivity index (χ0v) is 6.12. The van der Waals surface area contributed by atoms with Crippen molar-refractivity contribution < 1.29 is 5.11 Å². The molecular formula is C9H9NO. The summed E-state index contributed by atoms with van der Waals surface area (Å²) in [6.45, 7) is -0.0692. The minimum atomic E-state index is -0.0692. The van der Waals surface area contributed by atoms with Crippen LogP contribution in [0.3, 0.4) is 0 Å². The van der Waals surface area contributed by atoms with Gasteiger partial charge in [0, 0.05) is 18.8 Å². The van der Waals surface area contributed by atoms with Gasteiger partial charge >= 0.3 is 0 Å². The van der Waals surface area contributed by atoms with E-state index in [1.165, 1.54) is 0 Å². The molecule has 1 rings (SSSR count). The molecule has 0 fully saturated rings. The highest BCUT2D eigenvalue weighted by atomic mass is 16.2. The average molecular weight is 147 g/mol. The zero-order chi connectivity index (χ0) is 7.94. The Morgan fingerprint density at radius 3 is 3.00 bits per heavy atom. The molecule has 2 nitrogen and oxygen atoms in total. The fourth-order valence-corrected chi connectivity index (χ4v) is 0.723. The van der Waals surface area contributed by atoms with Gasteiger partial charge < -0.3 is 5.11 Å². The first-order valence-corrected chi connectivity index (χ1v) is 3.39. The second-order valence-electron chi connectivity index (χ2n) is 2.05. The van der Waals surface area contributed by atoms with Crippen LogP contribution in [0.4, 0.5) is 0 Å². The first-order valence-electron chi connectivity index (χ1n) is 3.39. The highest BCUT2D eigenvalue weighted by Crippen LogP contribution is 1.94. The summed E-state index contributed by atoms with van der Waals surface area (Å²) < 4.78 is 0. The predicted molar refractivity (Wildman–Crippen MR) is 42.8 cm³/mol. The quantitative estimate of drug-likeness (QED) is 0.591. The van der Waals surface area contributed by atoms with E-state index in [1.807, 2.05) is 12.1 Å². The van der Waals surface area contributed by atoms with Gasteiger partial charge in [0.1, 0.15) is 6.61 Å². The maximum Gasteiger partial charge on any atom is 0.104 e. The van der Waals surface area contributed by atoms with E-state index in [9.17, 15) is 0 Å². The van der Waals surface area contributed by atoms with Gasteiger partial charge in [0.25, 0.3) is 0 Å². The molecule has 1 N–H and O–H groups in total. The molecule has 0 saturated heterocycles. The van der Waals surface area contributed by atoms with Crippen LogP contribution in [0.15, 0.2) is 24.5 Å². The number of hydrogen-bond acceptors (Lipinski definition) is 2. The summed E-state index contributed by atoms with van der Waals surface area (Å²) in [5, 5.41) is 8.36. The van der Waals surface area contributed by atoms with Gasteiger partial charge in [-0.3, -0.25) is 4.98 Å². The molecule has 1 heterocycles. The molecule has 2 heteroatoms. The second kappa shape index (κ2) is 4.48. The molecule has 0 saturated carbocycles. The zero-order valence-electron chi connectivity index (χ0n) is 6.12. The molecule has 0 aliphatic carbocycles. The highest BCUT2D eigenvalue weighted by molar-refractivity contribution is 5.16. The van der Waals surface area contributed by atoms with Gasteiger partial charge in [0.15, 0.2) is 0 Å². The Bertz CT molecular complexity index is 258. The van der Waals surface area contributed by atoms with Gasteiger partial charge in [-0.15, -0.1) is 0 Å². The molecule has 0 atom stereocenters. The second-order valence-corrected chi connectivity index (χ2v) is 2.05. The molecule has 0 aromatic carbocycles. The molecule has 56 valence electrons. The molecule has 0 unspecified atom stereocenters. The third kappa shape index (κ3) is 2.83. The van der Waals surface area contributed by atoms with Crippen molar-refractivity contribution in [3.8, 4) is 11.8 Å². The van der Waals surface area contributed by atoms with Crippen molar-refractivity contribution in [2.75, 3.05) is 6.61 Å². The van der Waals surface area contributed by atoms with Crippen molar-refractivity contribution in [1.82, 2.24) is 4.98 Å². The molecular weight excluding hydrogens is 138 g/mol. The first kappa shape index (κ1) is 7.77. The van der Waals surface area contributed by atoms with Gasteiger partial charge in [-0.05, 0) is 11.6 Å². The van der Waals surface area contributed by atoms with Crippen LogP contribution in [0.25, 0.3) is 0 Å². The Kier molecular flexibility index (Phi) is 3.17. The minimum Gasteiger partial charge on any atom is -0.384 e. The molecule has 1 aromatic rings. The summed E-state index contributed by atoms with van der Waals surface area (Å²) in [5.74, 6) is 5.39. The molecule has 0 bridgehead atoms. The van der Waals surface area contributed by atoms with E-state index >= 15 is 0 Å². The molecule has 0 amide bonds. The normalized spacial score (nSPS) is 8.45. The maximum absolute atomic E-state index is 8.36. The van der Waals surface area contributed by atoms with Crippen molar-refractivity contribution in [2.24, 2.45) is 0 Å². The average Bonchev–Trinajstić information content (AvgIpc) is 2.07. The van der Waals surface area contributed by atoms with Gasteiger partial charge in [-0.25, -0.2) is 0 Å². The molecule has 0 aliphatic rings. The number of pyridine rings is 1. The number of rotatable bonds is 1. The van der Waals surface area contributed by atoms with E-state index in [1.54, 1.807) is 12.4 Å². The summed E-state index contributed by atoms with van der Waals surface area (Å²) in [4.78, 5) is 3.93. The van der Waals surface area contributed by atoms with Crippen LogP contribution in [0.1, 0.15) is 5.56 Å². The number of aliphatic hydroxyl groups is 1. The van der Waals surface area contributed by atoms with Gasteiger partial charge in [0.2, 0.25) is 0 Å². The Morgan fingerprint density at radius 1 is 1.45 bits per heavy atom. The SMILES string of the molecule is OCC#CCc1cccnc1. The monoisotopic (exact) mass is 147 g/mol. The predicted octanol–water partition coefficient (Wildman–Crippen LogP) is 0.620. The van der Waals surface area contributed by atoms with Crippen LogP contribution in [0.5, 0.6) is 0 Å². The number of aliphatic hydroxyl groups excluding tert-OH is 1. The summed E-state index contributed by atoms with van der Waals surface area (Å²) >= 11 is 0. The lowest BCUT2D eigenvalue weighted by atomic mass is 10.2.